The van der Waals surface area contributed by atoms with Gasteiger partial charge in [0.05, 0.1) is 5.56 Å². The second-order valence-corrected chi connectivity index (χ2v) is 4.03. The minimum absolute atomic E-state index is 0.0604. The molecule has 0 radical (unpaired) electrons. The lowest BCUT2D eigenvalue weighted by Gasteiger charge is -2.09. The molecule has 19 heavy (non-hydrogen) atoms. The SMILES string of the molecule is O=C(O)c1cc(F)ccc1NCCc1ccncc1. The average molecular weight is 260 g/mol. The molecule has 0 unspecified atom stereocenters. The van der Waals surface area contributed by atoms with Crippen molar-refractivity contribution >= 4 is 11.7 Å². The van der Waals surface area contributed by atoms with Gasteiger partial charge in [-0.05, 0) is 42.3 Å². The van der Waals surface area contributed by atoms with Crippen LogP contribution in [0.2, 0.25) is 0 Å². The Morgan fingerprint density at radius 2 is 2.00 bits per heavy atom. The zero-order chi connectivity index (χ0) is 13.7. The van der Waals surface area contributed by atoms with Gasteiger partial charge in [-0.2, -0.15) is 0 Å². The van der Waals surface area contributed by atoms with Crippen molar-refractivity contribution in [1.29, 1.82) is 0 Å². The van der Waals surface area contributed by atoms with Crippen LogP contribution >= 0.6 is 0 Å². The second kappa shape index (κ2) is 5.95. The molecular formula is C14H13FN2O2. The van der Waals surface area contributed by atoms with Crippen molar-refractivity contribution in [2.45, 2.75) is 6.42 Å². The van der Waals surface area contributed by atoms with Crippen LogP contribution < -0.4 is 5.32 Å². The minimum atomic E-state index is -1.15. The number of pyridine rings is 1. The third-order valence-electron chi connectivity index (χ3n) is 2.69. The fourth-order valence-electron chi connectivity index (χ4n) is 1.74. The van der Waals surface area contributed by atoms with Gasteiger partial charge in [0.25, 0.3) is 0 Å². The maximum absolute atomic E-state index is 13.0. The standard InChI is InChI=1S/C14H13FN2O2/c15-11-1-2-13(12(9-11)14(18)19)17-8-5-10-3-6-16-7-4-10/h1-4,6-7,9,17H,5,8H2,(H,18,19). The van der Waals surface area contributed by atoms with Crippen molar-refractivity contribution in [3.05, 3.63) is 59.7 Å². The van der Waals surface area contributed by atoms with E-state index in [9.17, 15) is 9.18 Å². The molecule has 0 saturated carbocycles. The van der Waals surface area contributed by atoms with Gasteiger partial charge >= 0.3 is 5.97 Å². The monoisotopic (exact) mass is 260 g/mol. The number of anilines is 1. The molecule has 0 aliphatic rings. The first kappa shape index (κ1) is 13.0. The van der Waals surface area contributed by atoms with Gasteiger partial charge in [0.1, 0.15) is 5.82 Å². The molecular weight excluding hydrogens is 247 g/mol. The number of aromatic nitrogens is 1. The Morgan fingerprint density at radius 1 is 1.26 bits per heavy atom. The van der Waals surface area contributed by atoms with E-state index in [0.717, 1.165) is 18.1 Å². The van der Waals surface area contributed by atoms with E-state index in [1.807, 2.05) is 12.1 Å². The third-order valence-corrected chi connectivity index (χ3v) is 2.69. The molecule has 0 spiro atoms. The van der Waals surface area contributed by atoms with Gasteiger partial charge in [0.2, 0.25) is 0 Å². The van der Waals surface area contributed by atoms with Crippen LogP contribution in [0.4, 0.5) is 10.1 Å². The first-order chi connectivity index (χ1) is 9.16. The van der Waals surface area contributed by atoms with E-state index in [1.165, 1.54) is 12.1 Å². The summed E-state index contributed by atoms with van der Waals surface area (Å²) in [6.45, 7) is 0.565. The molecule has 4 nitrogen and oxygen atoms in total. The van der Waals surface area contributed by atoms with Crippen molar-refractivity contribution in [3.63, 3.8) is 0 Å². The number of carboxylic acids is 1. The van der Waals surface area contributed by atoms with Crippen LogP contribution in [0.25, 0.3) is 0 Å². The Hall–Kier alpha value is -2.43. The van der Waals surface area contributed by atoms with Crippen LogP contribution in [0, 0.1) is 5.82 Å². The molecule has 98 valence electrons. The van der Waals surface area contributed by atoms with Crippen LogP contribution in [0.1, 0.15) is 15.9 Å². The Labute approximate surface area is 109 Å². The van der Waals surface area contributed by atoms with Crippen molar-refractivity contribution in [3.8, 4) is 0 Å². The molecule has 1 aromatic carbocycles. The lowest BCUT2D eigenvalue weighted by molar-refractivity contribution is 0.0697. The largest absolute Gasteiger partial charge is 0.478 e. The average Bonchev–Trinajstić information content (AvgIpc) is 2.41. The summed E-state index contributed by atoms with van der Waals surface area (Å²) in [5.74, 6) is -1.71. The number of nitrogens with zero attached hydrogens (tertiary/aromatic N) is 1. The number of halogens is 1. The Morgan fingerprint density at radius 3 is 2.68 bits per heavy atom. The van der Waals surface area contributed by atoms with Crippen molar-refractivity contribution in [2.75, 3.05) is 11.9 Å². The number of benzene rings is 1. The molecule has 0 fully saturated rings. The maximum atomic E-state index is 13.0. The summed E-state index contributed by atoms with van der Waals surface area (Å²) in [4.78, 5) is 14.9. The summed E-state index contributed by atoms with van der Waals surface area (Å²) in [5, 5.41) is 12.0. The number of rotatable bonds is 5. The summed E-state index contributed by atoms with van der Waals surface area (Å²) < 4.78 is 13.0. The lowest BCUT2D eigenvalue weighted by Crippen LogP contribution is -2.09. The molecule has 0 atom stereocenters. The number of hydrogen-bond donors (Lipinski definition) is 2. The molecule has 0 aliphatic heterocycles. The number of aromatic carboxylic acids is 1. The topological polar surface area (TPSA) is 62.2 Å². The number of hydrogen-bond acceptors (Lipinski definition) is 3. The molecule has 2 aromatic rings. The normalized spacial score (nSPS) is 10.2. The molecule has 5 heteroatoms. The summed E-state index contributed by atoms with van der Waals surface area (Å²) in [6, 6.07) is 7.47. The third kappa shape index (κ3) is 3.51. The lowest BCUT2D eigenvalue weighted by atomic mass is 10.1. The molecule has 1 heterocycles. The summed E-state index contributed by atoms with van der Waals surface area (Å²) in [7, 11) is 0. The summed E-state index contributed by atoms with van der Waals surface area (Å²) in [5.41, 5.74) is 1.46. The van der Waals surface area contributed by atoms with Gasteiger partial charge in [-0.3, -0.25) is 4.98 Å². The van der Waals surface area contributed by atoms with E-state index in [1.54, 1.807) is 12.4 Å². The van der Waals surface area contributed by atoms with Gasteiger partial charge in [0.15, 0.2) is 0 Å². The molecule has 2 N–H and O–H groups in total. The van der Waals surface area contributed by atoms with Gasteiger partial charge in [0, 0.05) is 24.6 Å². The Balaban J connectivity index is 2.02. The maximum Gasteiger partial charge on any atom is 0.337 e. The van der Waals surface area contributed by atoms with Gasteiger partial charge in [-0.25, -0.2) is 9.18 Å². The highest BCUT2D eigenvalue weighted by Gasteiger charge is 2.10. The van der Waals surface area contributed by atoms with Gasteiger partial charge < -0.3 is 10.4 Å². The van der Waals surface area contributed by atoms with Crippen LogP contribution in [-0.2, 0) is 6.42 Å². The van der Waals surface area contributed by atoms with E-state index >= 15 is 0 Å². The first-order valence-corrected chi connectivity index (χ1v) is 5.82. The van der Waals surface area contributed by atoms with E-state index < -0.39 is 11.8 Å². The van der Waals surface area contributed by atoms with Gasteiger partial charge in [-0.15, -0.1) is 0 Å². The van der Waals surface area contributed by atoms with E-state index in [0.29, 0.717) is 12.2 Å². The predicted molar refractivity (Wildman–Crippen MR) is 69.8 cm³/mol. The quantitative estimate of drug-likeness (QED) is 0.867. The van der Waals surface area contributed by atoms with Crippen LogP contribution in [0.15, 0.2) is 42.7 Å². The van der Waals surface area contributed by atoms with Crippen LogP contribution in [0.5, 0.6) is 0 Å². The number of carboxylic acid groups (broad SMARTS) is 1. The van der Waals surface area contributed by atoms with E-state index in [4.69, 9.17) is 5.11 Å². The highest BCUT2D eigenvalue weighted by molar-refractivity contribution is 5.94. The molecule has 2 rings (SSSR count). The Kier molecular flexibility index (Phi) is 4.07. The molecule has 0 bridgehead atoms. The van der Waals surface area contributed by atoms with Crippen molar-refractivity contribution < 1.29 is 14.3 Å². The zero-order valence-corrected chi connectivity index (χ0v) is 10.1. The van der Waals surface area contributed by atoms with E-state index in [-0.39, 0.29) is 5.56 Å². The first-order valence-electron chi connectivity index (χ1n) is 5.82. The van der Waals surface area contributed by atoms with Gasteiger partial charge in [-0.1, -0.05) is 0 Å². The Bertz CT molecular complexity index is 573. The highest BCUT2D eigenvalue weighted by atomic mass is 19.1. The summed E-state index contributed by atoms with van der Waals surface area (Å²) >= 11 is 0. The molecule has 0 amide bonds. The van der Waals surface area contributed by atoms with Crippen LogP contribution in [0.3, 0.4) is 0 Å². The minimum Gasteiger partial charge on any atom is -0.478 e. The zero-order valence-electron chi connectivity index (χ0n) is 10.1. The summed E-state index contributed by atoms with van der Waals surface area (Å²) in [6.07, 6.45) is 4.14. The van der Waals surface area contributed by atoms with Crippen molar-refractivity contribution in [1.82, 2.24) is 4.98 Å². The number of carbonyl (C=O) groups is 1. The fourth-order valence-corrected chi connectivity index (χ4v) is 1.74. The molecule has 0 saturated heterocycles. The van der Waals surface area contributed by atoms with E-state index in [2.05, 4.69) is 10.3 Å². The molecule has 0 aliphatic carbocycles. The molecule has 1 aromatic heterocycles. The highest BCUT2D eigenvalue weighted by Crippen LogP contribution is 2.17. The fraction of sp³-hybridized carbons (Fsp3) is 0.143. The van der Waals surface area contributed by atoms with Crippen molar-refractivity contribution in [2.24, 2.45) is 0 Å². The smallest absolute Gasteiger partial charge is 0.337 e. The number of nitrogens with one attached hydrogen (secondary N) is 1. The predicted octanol–water partition coefficient (Wildman–Crippen LogP) is 2.57. The van der Waals surface area contributed by atoms with Crippen LogP contribution in [-0.4, -0.2) is 22.6 Å². The second-order valence-electron chi connectivity index (χ2n) is 4.03.